The van der Waals surface area contributed by atoms with Crippen molar-refractivity contribution in [1.29, 1.82) is 0 Å². The largest absolute Gasteiger partial charge is 0.481 e. The number of rotatable bonds is 6. The van der Waals surface area contributed by atoms with Crippen LogP contribution in [0, 0.1) is 0 Å². The molecule has 4 nitrogen and oxygen atoms in total. The van der Waals surface area contributed by atoms with E-state index in [2.05, 4.69) is 18.4 Å². The van der Waals surface area contributed by atoms with E-state index in [0.717, 1.165) is 54.0 Å². The second-order valence-electron chi connectivity index (χ2n) is 9.46. The molecule has 2 atom stereocenters. The number of carboxylic acids is 1. The van der Waals surface area contributed by atoms with Crippen LogP contribution in [0.25, 0.3) is 0 Å². The maximum absolute atomic E-state index is 12.9. The third-order valence-electron chi connectivity index (χ3n) is 6.95. The number of halogens is 2. The fourth-order valence-electron chi connectivity index (χ4n) is 5.13. The summed E-state index contributed by atoms with van der Waals surface area (Å²) in [5.74, 6) is 0.185. The van der Waals surface area contributed by atoms with Crippen LogP contribution in [-0.4, -0.2) is 20.6 Å². The quantitative estimate of drug-likeness (QED) is 0.375. The highest BCUT2D eigenvalue weighted by molar-refractivity contribution is 6.42. The van der Waals surface area contributed by atoms with Crippen LogP contribution in [0.5, 0.6) is 0 Å². The average Bonchev–Trinajstić information content (AvgIpc) is 3.00. The summed E-state index contributed by atoms with van der Waals surface area (Å²) >= 11 is 12.5. The lowest BCUT2D eigenvalue weighted by molar-refractivity contribution is -0.144. The first-order chi connectivity index (χ1) is 15.7. The summed E-state index contributed by atoms with van der Waals surface area (Å²) in [7, 11) is 0. The van der Waals surface area contributed by atoms with Crippen LogP contribution in [0.2, 0.25) is 10.0 Å². The fraction of sp³-hybridized carbons (Fsp3) is 0.407. The molecule has 6 heteroatoms. The Hall–Kier alpha value is -2.30. The Morgan fingerprint density at radius 2 is 1.88 bits per heavy atom. The average molecular weight is 485 g/mol. The van der Waals surface area contributed by atoms with E-state index in [0.29, 0.717) is 16.6 Å². The fourth-order valence-corrected chi connectivity index (χ4v) is 5.45. The number of hydrogen-bond acceptors (Lipinski definition) is 2. The van der Waals surface area contributed by atoms with Gasteiger partial charge in [-0.05, 0) is 49.4 Å². The predicted octanol–water partition coefficient (Wildman–Crippen LogP) is 7.21. The van der Waals surface area contributed by atoms with Crippen molar-refractivity contribution in [1.82, 2.24) is 9.55 Å². The molecule has 2 unspecified atom stereocenters. The minimum absolute atomic E-state index is 0.197. The first-order valence-electron chi connectivity index (χ1n) is 11.6. The molecule has 1 heterocycles. The van der Waals surface area contributed by atoms with Crippen molar-refractivity contribution in [3.05, 3.63) is 86.9 Å². The van der Waals surface area contributed by atoms with E-state index in [-0.39, 0.29) is 11.8 Å². The maximum Gasteiger partial charge on any atom is 0.314 e. The van der Waals surface area contributed by atoms with Crippen LogP contribution in [0.15, 0.2) is 48.5 Å². The van der Waals surface area contributed by atoms with Gasteiger partial charge in [0.1, 0.15) is 5.82 Å². The van der Waals surface area contributed by atoms with E-state index < -0.39 is 11.4 Å². The van der Waals surface area contributed by atoms with Crippen LogP contribution in [0.1, 0.15) is 80.2 Å². The summed E-state index contributed by atoms with van der Waals surface area (Å²) in [4.78, 5) is 17.9. The van der Waals surface area contributed by atoms with Crippen molar-refractivity contribution in [2.45, 2.75) is 70.3 Å². The third kappa shape index (κ3) is 4.43. The zero-order valence-electron chi connectivity index (χ0n) is 19.3. The number of aryl methyl sites for hydroxylation is 1. The topological polar surface area (TPSA) is 55.1 Å². The molecule has 1 aliphatic rings. The third-order valence-corrected chi connectivity index (χ3v) is 7.69. The van der Waals surface area contributed by atoms with Crippen molar-refractivity contribution in [3.63, 3.8) is 0 Å². The molecule has 2 aromatic carbocycles. The molecular weight excluding hydrogens is 455 g/mol. The standard InChI is InChI=1S/C27H30Cl2N2O2/c1-17(2)25-30-23-12-8-7-11-20(27(3,26(32)33)19-9-5-4-6-10-19)24(23)31(25)16-18-13-14-21(28)22(29)15-18/h4-6,9-10,13-15,17,20H,7-8,11-12,16H2,1-3H3,(H,32,33). The Morgan fingerprint density at radius 1 is 1.15 bits per heavy atom. The van der Waals surface area contributed by atoms with Gasteiger partial charge in [0.15, 0.2) is 0 Å². The summed E-state index contributed by atoms with van der Waals surface area (Å²) < 4.78 is 2.25. The number of benzene rings is 2. The molecule has 1 aliphatic carbocycles. The Bertz CT molecular complexity index is 1160. The van der Waals surface area contributed by atoms with E-state index in [1.54, 1.807) is 0 Å². The summed E-state index contributed by atoms with van der Waals surface area (Å²) in [5, 5.41) is 11.6. The molecule has 0 aliphatic heterocycles. The predicted molar refractivity (Wildman–Crippen MR) is 134 cm³/mol. The Kier molecular flexibility index (Phi) is 6.88. The van der Waals surface area contributed by atoms with Gasteiger partial charge in [-0.25, -0.2) is 4.98 Å². The summed E-state index contributed by atoms with van der Waals surface area (Å²) in [5.41, 5.74) is 2.86. The number of imidazole rings is 1. The van der Waals surface area contributed by atoms with E-state index in [9.17, 15) is 9.90 Å². The smallest absolute Gasteiger partial charge is 0.314 e. The highest BCUT2D eigenvalue weighted by atomic mass is 35.5. The number of carboxylic acid groups (broad SMARTS) is 1. The second-order valence-corrected chi connectivity index (χ2v) is 10.3. The van der Waals surface area contributed by atoms with E-state index in [4.69, 9.17) is 28.2 Å². The van der Waals surface area contributed by atoms with Crippen LogP contribution in [-0.2, 0) is 23.2 Å². The van der Waals surface area contributed by atoms with Gasteiger partial charge in [-0.3, -0.25) is 4.79 Å². The molecule has 0 fully saturated rings. The molecule has 0 saturated heterocycles. The molecule has 33 heavy (non-hydrogen) atoms. The van der Waals surface area contributed by atoms with E-state index in [1.807, 2.05) is 55.5 Å². The van der Waals surface area contributed by atoms with Crippen molar-refractivity contribution in [2.75, 3.05) is 0 Å². The molecule has 0 saturated carbocycles. The SMILES string of the molecule is CC(C)c1nc2c(n1Cc1ccc(Cl)c(Cl)c1)C(C(C)(C(=O)O)c1ccccc1)CCCC2. The first-order valence-corrected chi connectivity index (χ1v) is 12.3. The molecule has 3 aromatic rings. The summed E-state index contributed by atoms with van der Waals surface area (Å²) in [6.07, 6.45) is 3.65. The number of fused-ring (bicyclic) bond motifs is 1. The van der Waals surface area contributed by atoms with Gasteiger partial charge < -0.3 is 9.67 Å². The second kappa shape index (κ2) is 9.52. The van der Waals surface area contributed by atoms with Gasteiger partial charge in [0.2, 0.25) is 0 Å². The van der Waals surface area contributed by atoms with E-state index in [1.165, 1.54) is 0 Å². The first kappa shape index (κ1) is 23.8. The lowest BCUT2D eigenvalue weighted by atomic mass is 9.68. The Labute approximate surface area is 205 Å². The maximum atomic E-state index is 12.9. The molecule has 1 aromatic heterocycles. The lowest BCUT2D eigenvalue weighted by Gasteiger charge is -2.35. The van der Waals surface area contributed by atoms with Crippen molar-refractivity contribution in [2.24, 2.45) is 0 Å². The molecule has 0 bridgehead atoms. The van der Waals surface area contributed by atoms with Crippen molar-refractivity contribution >= 4 is 29.2 Å². The number of aliphatic carboxylic acids is 1. The lowest BCUT2D eigenvalue weighted by Crippen LogP contribution is -2.40. The van der Waals surface area contributed by atoms with Crippen LogP contribution < -0.4 is 0 Å². The molecule has 0 amide bonds. The zero-order valence-corrected chi connectivity index (χ0v) is 20.8. The van der Waals surface area contributed by atoms with Crippen LogP contribution >= 0.6 is 23.2 Å². The molecule has 1 N–H and O–H groups in total. The molecular formula is C27H30Cl2N2O2. The highest BCUT2D eigenvalue weighted by Crippen LogP contribution is 2.46. The normalized spacial score (nSPS) is 17.9. The van der Waals surface area contributed by atoms with Crippen molar-refractivity contribution < 1.29 is 9.90 Å². The number of hydrogen-bond donors (Lipinski definition) is 1. The van der Waals surface area contributed by atoms with Crippen LogP contribution in [0.4, 0.5) is 0 Å². The minimum atomic E-state index is -1.07. The Balaban J connectivity index is 1.92. The Morgan fingerprint density at radius 3 is 2.52 bits per heavy atom. The van der Waals surface area contributed by atoms with Crippen molar-refractivity contribution in [3.8, 4) is 0 Å². The van der Waals surface area contributed by atoms with E-state index >= 15 is 0 Å². The molecule has 0 radical (unpaired) electrons. The van der Waals surface area contributed by atoms with Gasteiger partial charge in [0.25, 0.3) is 0 Å². The zero-order chi connectivity index (χ0) is 23.8. The van der Waals surface area contributed by atoms with Gasteiger partial charge >= 0.3 is 5.97 Å². The molecule has 4 rings (SSSR count). The van der Waals surface area contributed by atoms with Gasteiger partial charge in [0, 0.05) is 24.1 Å². The highest BCUT2D eigenvalue weighted by Gasteiger charge is 2.47. The molecule has 174 valence electrons. The van der Waals surface area contributed by atoms with Gasteiger partial charge in [-0.2, -0.15) is 0 Å². The van der Waals surface area contributed by atoms with Gasteiger partial charge in [0.05, 0.1) is 21.2 Å². The number of nitrogens with zero attached hydrogens (tertiary/aromatic N) is 2. The number of carbonyl (C=O) groups is 1. The number of aromatic nitrogens is 2. The van der Waals surface area contributed by atoms with Gasteiger partial charge in [-0.1, -0.05) is 79.9 Å². The summed E-state index contributed by atoms with van der Waals surface area (Å²) in [6, 6.07) is 15.3. The van der Waals surface area contributed by atoms with Crippen LogP contribution in [0.3, 0.4) is 0 Å². The monoisotopic (exact) mass is 484 g/mol. The van der Waals surface area contributed by atoms with Gasteiger partial charge in [-0.15, -0.1) is 0 Å². The minimum Gasteiger partial charge on any atom is -0.481 e. The molecule has 0 spiro atoms. The summed E-state index contributed by atoms with van der Waals surface area (Å²) in [6.45, 7) is 6.72.